The highest BCUT2D eigenvalue weighted by atomic mass is 16.4. The molecule has 2 rings (SSSR count). The number of furan rings is 1. The van der Waals surface area contributed by atoms with Crippen LogP contribution in [0.2, 0.25) is 0 Å². The van der Waals surface area contributed by atoms with Gasteiger partial charge in [-0.15, -0.1) is 0 Å². The van der Waals surface area contributed by atoms with Gasteiger partial charge in [0, 0.05) is 0 Å². The highest BCUT2D eigenvalue weighted by molar-refractivity contribution is 5.48. The Kier molecular flexibility index (Phi) is 2.60. The van der Waals surface area contributed by atoms with E-state index < -0.39 is 0 Å². The van der Waals surface area contributed by atoms with E-state index in [4.69, 9.17) is 8.83 Å². The van der Waals surface area contributed by atoms with Crippen molar-refractivity contribution in [3.8, 4) is 11.5 Å². The van der Waals surface area contributed by atoms with Crippen LogP contribution in [0.15, 0.2) is 27.2 Å². The Hall–Kier alpha value is -1.55. The Morgan fingerprint density at radius 2 is 2.07 bits per heavy atom. The minimum atomic E-state index is 0.106. The van der Waals surface area contributed by atoms with E-state index in [0.29, 0.717) is 11.7 Å². The maximum atomic E-state index is 5.57. The van der Waals surface area contributed by atoms with Crippen molar-refractivity contribution in [2.45, 2.75) is 19.9 Å². The summed E-state index contributed by atoms with van der Waals surface area (Å²) >= 11 is 0. The van der Waals surface area contributed by atoms with Crippen LogP contribution in [-0.4, -0.2) is 12.0 Å². The molecule has 2 heterocycles. The van der Waals surface area contributed by atoms with Gasteiger partial charge in [-0.1, -0.05) is 0 Å². The van der Waals surface area contributed by atoms with E-state index in [1.807, 2.05) is 33.0 Å². The van der Waals surface area contributed by atoms with Crippen LogP contribution in [0.1, 0.15) is 24.6 Å². The first-order chi connectivity index (χ1) is 7.20. The standard InChI is InChI=1S/C11H14N2O2/c1-7-4-5-9(14-7)10-6-13-11(15-10)8(2)12-3/h4-6,8,12H,1-3H3. The van der Waals surface area contributed by atoms with E-state index in [-0.39, 0.29) is 6.04 Å². The van der Waals surface area contributed by atoms with Gasteiger partial charge in [-0.2, -0.15) is 0 Å². The van der Waals surface area contributed by atoms with E-state index in [2.05, 4.69) is 10.3 Å². The molecule has 0 spiro atoms. The van der Waals surface area contributed by atoms with Crippen molar-refractivity contribution >= 4 is 0 Å². The summed E-state index contributed by atoms with van der Waals surface area (Å²) in [5.41, 5.74) is 0. The average molecular weight is 206 g/mol. The van der Waals surface area contributed by atoms with Crippen LogP contribution >= 0.6 is 0 Å². The molecule has 80 valence electrons. The van der Waals surface area contributed by atoms with Gasteiger partial charge in [-0.25, -0.2) is 4.98 Å². The summed E-state index contributed by atoms with van der Waals surface area (Å²) in [5.74, 6) is 2.92. The second-order valence-electron chi connectivity index (χ2n) is 3.48. The topological polar surface area (TPSA) is 51.2 Å². The molecule has 0 radical (unpaired) electrons. The number of hydrogen-bond acceptors (Lipinski definition) is 4. The first kappa shape index (κ1) is 9.98. The highest BCUT2D eigenvalue weighted by Gasteiger charge is 2.13. The fourth-order valence-electron chi connectivity index (χ4n) is 1.29. The van der Waals surface area contributed by atoms with Crippen molar-refractivity contribution in [2.75, 3.05) is 7.05 Å². The fourth-order valence-corrected chi connectivity index (χ4v) is 1.29. The molecule has 15 heavy (non-hydrogen) atoms. The van der Waals surface area contributed by atoms with Gasteiger partial charge < -0.3 is 14.2 Å². The highest BCUT2D eigenvalue weighted by Crippen LogP contribution is 2.24. The lowest BCUT2D eigenvalue weighted by Crippen LogP contribution is -2.12. The average Bonchev–Trinajstić information content (AvgIpc) is 2.84. The van der Waals surface area contributed by atoms with E-state index >= 15 is 0 Å². The van der Waals surface area contributed by atoms with Gasteiger partial charge in [-0.3, -0.25) is 0 Å². The number of aromatic nitrogens is 1. The number of nitrogens with one attached hydrogen (secondary N) is 1. The van der Waals surface area contributed by atoms with Crippen LogP contribution in [-0.2, 0) is 0 Å². The third-order valence-corrected chi connectivity index (χ3v) is 2.31. The summed E-state index contributed by atoms with van der Waals surface area (Å²) in [4.78, 5) is 4.18. The zero-order valence-electron chi connectivity index (χ0n) is 9.07. The Morgan fingerprint density at radius 3 is 2.67 bits per heavy atom. The lowest BCUT2D eigenvalue weighted by molar-refractivity contribution is 0.429. The predicted octanol–water partition coefficient (Wildman–Crippen LogP) is 2.52. The first-order valence-electron chi connectivity index (χ1n) is 4.90. The van der Waals surface area contributed by atoms with Crippen LogP contribution in [0.3, 0.4) is 0 Å². The van der Waals surface area contributed by atoms with Crippen molar-refractivity contribution in [3.05, 3.63) is 30.0 Å². The van der Waals surface area contributed by atoms with Crippen LogP contribution in [0.4, 0.5) is 0 Å². The molecule has 1 N–H and O–H groups in total. The van der Waals surface area contributed by atoms with Crippen molar-refractivity contribution in [2.24, 2.45) is 0 Å². The largest absolute Gasteiger partial charge is 0.458 e. The van der Waals surface area contributed by atoms with Crippen molar-refractivity contribution in [3.63, 3.8) is 0 Å². The Morgan fingerprint density at radius 1 is 1.27 bits per heavy atom. The van der Waals surface area contributed by atoms with Crippen molar-refractivity contribution in [1.82, 2.24) is 10.3 Å². The molecule has 0 fully saturated rings. The van der Waals surface area contributed by atoms with Crippen LogP contribution in [0.5, 0.6) is 0 Å². The maximum Gasteiger partial charge on any atom is 0.211 e. The molecule has 1 unspecified atom stereocenters. The number of aryl methyl sites for hydroxylation is 1. The van der Waals surface area contributed by atoms with E-state index in [0.717, 1.165) is 11.5 Å². The molecule has 0 saturated carbocycles. The molecule has 0 aliphatic carbocycles. The Bertz CT molecular complexity index is 445. The Labute approximate surface area is 88.3 Å². The molecule has 0 aliphatic heterocycles. The quantitative estimate of drug-likeness (QED) is 0.838. The van der Waals surface area contributed by atoms with Gasteiger partial charge in [-0.05, 0) is 33.0 Å². The third-order valence-electron chi connectivity index (χ3n) is 2.31. The molecule has 2 aromatic heterocycles. The number of oxazole rings is 1. The Balaban J connectivity index is 2.27. The number of hydrogen-bond donors (Lipinski definition) is 1. The summed E-state index contributed by atoms with van der Waals surface area (Å²) in [5, 5.41) is 3.06. The second kappa shape index (κ2) is 3.90. The van der Waals surface area contributed by atoms with Gasteiger partial charge >= 0.3 is 0 Å². The maximum absolute atomic E-state index is 5.57. The summed E-state index contributed by atoms with van der Waals surface area (Å²) in [6, 6.07) is 3.89. The zero-order chi connectivity index (χ0) is 10.8. The zero-order valence-corrected chi connectivity index (χ0v) is 9.07. The normalized spacial score (nSPS) is 13.0. The molecular weight excluding hydrogens is 192 g/mol. The lowest BCUT2D eigenvalue weighted by atomic mass is 10.3. The number of nitrogens with zero attached hydrogens (tertiary/aromatic N) is 1. The van der Waals surface area contributed by atoms with Crippen molar-refractivity contribution < 1.29 is 8.83 Å². The molecule has 0 amide bonds. The molecule has 0 bridgehead atoms. The summed E-state index contributed by atoms with van der Waals surface area (Å²) < 4.78 is 11.0. The van der Waals surface area contributed by atoms with Gasteiger partial charge in [0.1, 0.15) is 5.76 Å². The molecule has 0 aliphatic rings. The minimum absolute atomic E-state index is 0.106. The second-order valence-corrected chi connectivity index (χ2v) is 3.48. The van der Waals surface area contributed by atoms with Gasteiger partial charge in [0.05, 0.1) is 12.2 Å². The van der Waals surface area contributed by atoms with E-state index in [1.54, 1.807) is 6.20 Å². The monoisotopic (exact) mass is 206 g/mol. The smallest absolute Gasteiger partial charge is 0.211 e. The molecule has 0 saturated heterocycles. The molecule has 4 heteroatoms. The molecular formula is C11H14N2O2. The molecule has 0 aromatic carbocycles. The van der Waals surface area contributed by atoms with Crippen LogP contribution < -0.4 is 5.32 Å². The predicted molar refractivity (Wildman–Crippen MR) is 56.4 cm³/mol. The first-order valence-corrected chi connectivity index (χ1v) is 4.90. The summed E-state index contributed by atoms with van der Waals surface area (Å²) in [6.07, 6.45) is 1.68. The van der Waals surface area contributed by atoms with Crippen molar-refractivity contribution in [1.29, 1.82) is 0 Å². The van der Waals surface area contributed by atoms with Crippen LogP contribution in [0, 0.1) is 6.92 Å². The lowest BCUT2D eigenvalue weighted by Gasteiger charge is -2.03. The van der Waals surface area contributed by atoms with E-state index in [1.165, 1.54) is 0 Å². The summed E-state index contributed by atoms with van der Waals surface area (Å²) in [6.45, 7) is 3.89. The van der Waals surface area contributed by atoms with Gasteiger partial charge in [0.25, 0.3) is 0 Å². The SMILES string of the molecule is CNC(C)c1ncc(-c2ccc(C)o2)o1. The summed E-state index contributed by atoms with van der Waals surface area (Å²) in [7, 11) is 1.87. The fraction of sp³-hybridized carbons (Fsp3) is 0.364. The molecule has 4 nitrogen and oxygen atoms in total. The molecule has 2 aromatic rings. The van der Waals surface area contributed by atoms with Gasteiger partial charge in [0.2, 0.25) is 5.89 Å². The van der Waals surface area contributed by atoms with Crippen LogP contribution in [0.25, 0.3) is 11.5 Å². The number of rotatable bonds is 3. The minimum Gasteiger partial charge on any atom is -0.458 e. The molecule has 1 atom stereocenters. The third kappa shape index (κ3) is 1.94. The van der Waals surface area contributed by atoms with Gasteiger partial charge in [0.15, 0.2) is 11.5 Å². The van der Waals surface area contributed by atoms with E-state index in [9.17, 15) is 0 Å².